The fraction of sp³-hybridized carbons (Fsp3) is 0.481. The van der Waals surface area contributed by atoms with Crippen molar-refractivity contribution in [1.29, 1.82) is 0 Å². The van der Waals surface area contributed by atoms with Crippen LogP contribution in [0.25, 0.3) is 11.1 Å². The third-order valence-corrected chi connectivity index (χ3v) is 7.53. The first-order valence-electron chi connectivity index (χ1n) is 11.3. The van der Waals surface area contributed by atoms with Crippen LogP contribution < -0.4 is 0 Å². The largest absolute Gasteiger partial charge is 0.207 e. The number of benzene rings is 2. The minimum Gasteiger partial charge on any atom is -0.207 e. The highest BCUT2D eigenvalue weighted by atomic mass is 19.2. The first-order valence-corrected chi connectivity index (χ1v) is 11.3. The summed E-state index contributed by atoms with van der Waals surface area (Å²) in [6.07, 6.45) is 11.4. The summed E-state index contributed by atoms with van der Waals surface area (Å²) in [5.41, 5.74) is 1.50. The molecular weight excluding hydrogens is 381 g/mol. The summed E-state index contributed by atoms with van der Waals surface area (Å²) in [6, 6.07) is 7.97. The Balaban J connectivity index is 1.47. The molecule has 0 saturated heterocycles. The third kappa shape index (κ3) is 4.22. The summed E-state index contributed by atoms with van der Waals surface area (Å²) in [5, 5.41) is 0. The molecule has 0 nitrogen and oxygen atoms in total. The van der Waals surface area contributed by atoms with Crippen LogP contribution in [0.5, 0.6) is 0 Å². The average Bonchev–Trinajstić information content (AvgIpc) is 2.75. The lowest BCUT2D eigenvalue weighted by Crippen LogP contribution is -2.30. The number of fused-ring (bicyclic) bond motifs is 1. The maximum absolute atomic E-state index is 15.0. The van der Waals surface area contributed by atoms with E-state index in [1.807, 2.05) is 6.08 Å². The maximum atomic E-state index is 15.0. The van der Waals surface area contributed by atoms with Crippen LogP contribution in [0.1, 0.15) is 68.4 Å². The second kappa shape index (κ2) is 8.99. The molecular formula is C27H31F3. The minimum atomic E-state index is -0.907. The van der Waals surface area contributed by atoms with Crippen LogP contribution in [-0.4, -0.2) is 0 Å². The molecule has 2 aliphatic carbocycles. The number of halogens is 3. The average molecular weight is 413 g/mol. The fourth-order valence-corrected chi connectivity index (χ4v) is 5.78. The highest BCUT2D eigenvalue weighted by Gasteiger charge is 2.36. The van der Waals surface area contributed by atoms with Crippen LogP contribution in [0, 0.1) is 42.1 Å². The number of aryl methyl sites for hydroxylation is 1. The number of allylic oxidation sites excluding steroid dienone is 1. The molecule has 4 rings (SSSR count). The Kier molecular flexibility index (Phi) is 6.36. The van der Waals surface area contributed by atoms with Crippen LogP contribution in [0.2, 0.25) is 0 Å². The normalized spacial score (nSPS) is 26.3. The second-order valence-electron chi connectivity index (χ2n) is 9.37. The molecule has 2 aromatic rings. The van der Waals surface area contributed by atoms with Crippen molar-refractivity contribution in [3.63, 3.8) is 0 Å². The maximum Gasteiger partial charge on any atom is 0.166 e. The summed E-state index contributed by atoms with van der Waals surface area (Å²) in [4.78, 5) is 0. The van der Waals surface area contributed by atoms with Crippen LogP contribution in [0.15, 0.2) is 43.0 Å². The Labute approximate surface area is 178 Å². The van der Waals surface area contributed by atoms with Crippen molar-refractivity contribution >= 4 is 0 Å². The molecule has 2 saturated carbocycles. The van der Waals surface area contributed by atoms with E-state index in [0.29, 0.717) is 11.5 Å². The molecule has 0 amide bonds. The van der Waals surface area contributed by atoms with Crippen molar-refractivity contribution < 1.29 is 13.2 Å². The Hall–Kier alpha value is -2.03. The van der Waals surface area contributed by atoms with E-state index in [0.717, 1.165) is 36.7 Å². The van der Waals surface area contributed by atoms with Gasteiger partial charge < -0.3 is 0 Å². The van der Waals surface area contributed by atoms with E-state index < -0.39 is 11.6 Å². The van der Waals surface area contributed by atoms with Crippen molar-refractivity contribution in [2.45, 2.75) is 64.2 Å². The monoisotopic (exact) mass is 412 g/mol. The van der Waals surface area contributed by atoms with E-state index in [-0.39, 0.29) is 22.9 Å². The van der Waals surface area contributed by atoms with Crippen molar-refractivity contribution in [2.24, 2.45) is 17.8 Å². The zero-order valence-electron chi connectivity index (χ0n) is 17.8. The van der Waals surface area contributed by atoms with Crippen LogP contribution in [0.4, 0.5) is 13.2 Å². The molecule has 4 unspecified atom stereocenters. The molecule has 0 heterocycles. The summed E-state index contributed by atoms with van der Waals surface area (Å²) < 4.78 is 43.3. The molecule has 0 bridgehead atoms. The number of rotatable bonds is 5. The molecule has 2 aromatic carbocycles. The van der Waals surface area contributed by atoms with E-state index in [1.165, 1.54) is 57.2 Å². The summed E-state index contributed by atoms with van der Waals surface area (Å²) >= 11 is 0. The molecule has 160 valence electrons. The Morgan fingerprint density at radius 1 is 0.933 bits per heavy atom. The van der Waals surface area contributed by atoms with Crippen molar-refractivity contribution in [3.05, 3.63) is 71.6 Å². The SMILES string of the molecule is C=CCCC1CCC2CC(c3ccc(-c4ccc(C)c(F)c4F)cc3F)CCC2C1. The molecule has 30 heavy (non-hydrogen) atoms. The van der Waals surface area contributed by atoms with E-state index in [2.05, 4.69) is 6.58 Å². The Bertz CT molecular complexity index is 917. The molecule has 0 N–H and O–H groups in total. The summed E-state index contributed by atoms with van der Waals surface area (Å²) in [7, 11) is 0. The lowest BCUT2D eigenvalue weighted by molar-refractivity contribution is 0.114. The van der Waals surface area contributed by atoms with Gasteiger partial charge in [-0.15, -0.1) is 6.58 Å². The predicted molar refractivity (Wildman–Crippen MR) is 117 cm³/mol. The van der Waals surface area contributed by atoms with Gasteiger partial charge in [-0.1, -0.05) is 36.8 Å². The van der Waals surface area contributed by atoms with E-state index in [9.17, 15) is 8.78 Å². The number of hydrogen-bond donors (Lipinski definition) is 0. The Morgan fingerprint density at radius 2 is 1.70 bits per heavy atom. The summed E-state index contributed by atoms with van der Waals surface area (Å²) in [6.45, 7) is 5.36. The van der Waals surface area contributed by atoms with Gasteiger partial charge in [0.05, 0.1) is 0 Å². The molecule has 3 heteroatoms. The van der Waals surface area contributed by atoms with Crippen LogP contribution in [-0.2, 0) is 0 Å². The zero-order chi connectivity index (χ0) is 21.3. The van der Waals surface area contributed by atoms with Gasteiger partial charge in [-0.3, -0.25) is 0 Å². The topological polar surface area (TPSA) is 0 Å². The van der Waals surface area contributed by atoms with Crippen molar-refractivity contribution in [3.8, 4) is 11.1 Å². The standard InChI is InChI=1S/C27H31F3/c1-3-4-5-18-7-8-20-15-21(10-9-19(20)14-18)23-13-11-22(16-25(23)28)24-12-6-17(2)26(29)27(24)30/h3,6,11-13,16,18-21H,1,4-5,7-10,14-15H2,2H3. The fourth-order valence-electron chi connectivity index (χ4n) is 5.78. The van der Waals surface area contributed by atoms with Gasteiger partial charge in [0.15, 0.2) is 11.6 Å². The molecule has 0 aliphatic heterocycles. The molecule has 4 atom stereocenters. The van der Waals surface area contributed by atoms with Gasteiger partial charge in [0.1, 0.15) is 5.82 Å². The molecule has 0 aromatic heterocycles. The predicted octanol–water partition coefficient (Wildman–Crippen LogP) is 8.35. The van der Waals surface area contributed by atoms with Gasteiger partial charge in [0, 0.05) is 5.56 Å². The molecule has 2 fully saturated rings. The van der Waals surface area contributed by atoms with E-state index in [1.54, 1.807) is 12.1 Å². The van der Waals surface area contributed by atoms with E-state index in [4.69, 9.17) is 0 Å². The van der Waals surface area contributed by atoms with Crippen molar-refractivity contribution in [2.75, 3.05) is 0 Å². The van der Waals surface area contributed by atoms with E-state index >= 15 is 4.39 Å². The first-order chi connectivity index (χ1) is 14.5. The van der Waals surface area contributed by atoms with Crippen LogP contribution >= 0.6 is 0 Å². The molecule has 2 aliphatic rings. The molecule has 0 spiro atoms. The molecule has 0 radical (unpaired) electrons. The minimum absolute atomic E-state index is 0.116. The van der Waals surface area contributed by atoms with Gasteiger partial charge >= 0.3 is 0 Å². The van der Waals surface area contributed by atoms with Gasteiger partial charge in [0.2, 0.25) is 0 Å². The third-order valence-electron chi connectivity index (χ3n) is 7.53. The van der Waals surface area contributed by atoms with Crippen LogP contribution in [0.3, 0.4) is 0 Å². The highest BCUT2D eigenvalue weighted by molar-refractivity contribution is 5.65. The highest BCUT2D eigenvalue weighted by Crippen LogP contribution is 2.49. The lowest BCUT2D eigenvalue weighted by Gasteiger charge is -2.42. The van der Waals surface area contributed by atoms with Gasteiger partial charge in [-0.25, -0.2) is 13.2 Å². The zero-order valence-corrected chi connectivity index (χ0v) is 17.8. The smallest absolute Gasteiger partial charge is 0.166 e. The second-order valence-corrected chi connectivity index (χ2v) is 9.37. The van der Waals surface area contributed by atoms with Crippen molar-refractivity contribution in [1.82, 2.24) is 0 Å². The van der Waals surface area contributed by atoms with Gasteiger partial charge in [0.25, 0.3) is 0 Å². The summed E-state index contributed by atoms with van der Waals surface area (Å²) in [5.74, 6) is 0.445. The lowest BCUT2D eigenvalue weighted by atomic mass is 9.63. The van der Waals surface area contributed by atoms with Gasteiger partial charge in [-0.2, -0.15) is 0 Å². The first kappa shape index (κ1) is 21.2. The number of hydrogen-bond acceptors (Lipinski definition) is 0. The van der Waals surface area contributed by atoms with Gasteiger partial charge in [-0.05, 0) is 98.3 Å². The quantitative estimate of drug-likeness (QED) is 0.433. The Morgan fingerprint density at radius 3 is 2.47 bits per heavy atom.